The number of halogens is 1. The molecule has 0 heterocycles. The van der Waals surface area contributed by atoms with Crippen molar-refractivity contribution in [3.8, 4) is 5.75 Å². The molecule has 1 fully saturated rings. The number of hydrogen-bond acceptors (Lipinski definition) is 3. The fourth-order valence-electron chi connectivity index (χ4n) is 2.48. The fourth-order valence-corrected chi connectivity index (χ4v) is 2.73. The maximum absolute atomic E-state index is 10.2. The summed E-state index contributed by atoms with van der Waals surface area (Å²) in [6, 6.07) is 6.10. The first-order valence-corrected chi connectivity index (χ1v) is 7.96. The number of aryl methyl sites for hydroxylation is 1. The topological polar surface area (TPSA) is 35.5 Å². The third-order valence-corrected chi connectivity index (χ3v) is 4.53. The molecule has 0 atom stereocenters. The van der Waals surface area contributed by atoms with E-state index in [4.69, 9.17) is 9.47 Å². The third-order valence-electron chi connectivity index (χ3n) is 3.64. The van der Waals surface area contributed by atoms with Crippen LogP contribution in [-0.2, 0) is 9.53 Å². The molecule has 0 saturated heterocycles. The SMILES string of the molecule is Cc1cc(OC2CCC(OCCC=O)CC2)ccc1Br. The van der Waals surface area contributed by atoms with Crippen molar-refractivity contribution in [2.45, 2.75) is 51.2 Å². The summed E-state index contributed by atoms with van der Waals surface area (Å²) in [5, 5.41) is 0. The Morgan fingerprint density at radius 2 is 1.95 bits per heavy atom. The van der Waals surface area contributed by atoms with Gasteiger partial charge < -0.3 is 14.3 Å². The fraction of sp³-hybridized carbons (Fsp3) is 0.562. The third kappa shape index (κ3) is 4.60. The zero-order valence-corrected chi connectivity index (χ0v) is 13.4. The van der Waals surface area contributed by atoms with E-state index >= 15 is 0 Å². The molecule has 0 aromatic heterocycles. The highest BCUT2D eigenvalue weighted by molar-refractivity contribution is 9.10. The molecule has 110 valence electrons. The van der Waals surface area contributed by atoms with Gasteiger partial charge in [-0.25, -0.2) is 0 Å². The highest BCUT2D eigenvalue weighted by Gasteiger charge is 2.22. The van der Waals surface area contributed by atoms with Crippen LogP contribution in [0.15, 0.2) is 22.7 Å². The molecule has 1 aromatic rings. The summed E-state index contributed by atoms with van der Waals surface area (Å²) in [6.07, 6.45) is 6.03. The van der Waals surface area contributed by atoms with Crippen LogP contribution in [0.4, 0.5) is 0 Å². The quantitative estimate of drug-likeness (QED) is 0.578. The van der Waals surface area contributed by atoms with Crippen molar-refractivity contribution in [2.75, 3.05) is 6.61 Å². The van der Waals surface area contributed by atoms with E-state index in [9.17, 15) is 4.79 Å². The summed E-state index contributed by atoms with van der Waals surface area (Å²) < 4.78 is 12.8. The van der Waals surface area contributed by atoms with E-state index in [0.29, 0.717) is 19.1 Å². The monoisotopic (exact) mass is 340 g/mol. The van der Waals surface area contributed by atoms with E-state index in [0.717, 1.165) is 42.2 Å². The summed E-state index contributed by atoms with van der Waals surface area (Å²) in [4.78, 5) is 10.2. The van der Waals surface area contributed by atoms with Crippen molar-refractivity contribution in [1.29, 1.82) is 0 Å². The summed E-state index contributed by atoms with van der Waals surface area (Å²) in [5.41, 5.74) is 1.19. The predicted octanol–water partition coefficient (Wildman–Crippen LogP) is 4.05. The number of benzene rings is 1. The summed E-state index contributed by atoms with van der Waals surface area (Å²) in [6.45, 7) is 2.61. The van der Waals surface area contributed by atoms with Gasteiger partial charge >= 0.3 is 0 Å². The Morgan fingerprint density at radius 3 is 2.60 bits per heavy atom. The van der Waals surface area contributed by atoms with E-state index < -0.39 is 0 Å². The van der Waals surface area contributed by atoms with Gasteiger partial charge in [-0.3, -0.25) is 0 Å². The van der Waals surface area contributed by atoms with Gasteiger partial charge in [0.15, 0.2) is 0 Å². The van der Waals surface area contributed by atoms with Crippen LogP contribution >= 0.6 is 15.9 Å². The first-order valence-electron chi connectivity index (χ1n) is 7.17. The average molecular weight is 341 g/mol. The zero-order valence-electron chi connectivity index (χ0n) is 11.8. The van der Waals surface area contributed by atoms with Crippen LogP contribution < -0.4 is 4.74 Å². The van der Waals surface area contributed by atoms with E-state index in [1.165, 1.54) is 5.56 Å². The zero-order chi connectivity index (χ0) is 14.4. The van der Waals surface area contributed by atoms with Crippen molar-refractivity contribution in [1.82, 2.24) is 0 Å². The molecule has 0 unspecified atom stereocenters. The first kappa shape index (κ1) is 15.5. The molecule has 2 rings (SSSR count). The summed E-state index contributed by atoms with van der Waals surface area (Å²) >= 11 is 3.50. The molecule has 4 heteroatoms. The standard InChI is InChI=1S/C16H21BrO3/c1-12-11-15(7-8-16(12)17)20-14-5-3-13(4-6-14)19-10-2-9-18/h7-9,11,13-14H,2-6,10H2,1H3. The van der Waals surface area contributed by atoms with Gasteiger partial charge in [-0.15, -0.1) is 0 Å². The minimum absolute atomic E-state index is 0.279. The highest BCUT2D eigenvalue weighted by Crippen LogP contribution is 2.27. The second-order valence-electron chi connectivity index (χ2n) is 5.25. The number of hydrogen-bond donors (Lipinski definition) is 0. The lowest BCUT2D eigenvalue weighted by Crippen LogP contribution is -2.28. The molecule has 1 saturated carbocycles. The van der Waals surface area contributed by atoms with Crippen molar-refractivity contribution < 1.29 is 14.3 Å². The van der Waals surface area contributed by atoms with Crippen molar-refractivity contribution in [3.05, 3.63) is 28.2 Å². The Bertz CT molecular complexity index is 439. The van der Waals surface area contributed by atoms with Crippen LogP contribution in [0.3, 0.4) is 0 Å². The summed E-state index contributed by atoms with van der Waals surface area (Å²) in [5.74, 6) is 0.941. The van der Waals surface area contributed by atoms with Gasteiger partial charge in [0.1, 0.15) is 12.0 Å². The lowest BCUT2D eigenvalue weighted by atomic mass is 9.95. The Morgan fingerprint density at radius 1 is 1.25 bits per heavy atom. The molecule has 0 spiro atoms. The second-order valence-corrected chi connectivity index (χ2v) is 6.11. The number of rotatable bonds is 6. The minimum Gasteiger partial charge on any atom is -0.490 e. The molecule has 3 nitrogen and oxygen atoms in total. The van der Waals surface area contributed by atoms with Gasteiger partial charge in [0.25, 0.3) is 0 Å². The van der Waals surface area contributed by atoms with Crippen LogP contribution in [0.1, 0.15) is 37.7 Å². The molecule has 20 heavy (non-hydrogen) atoms. The first-order chi connectivity index (χ1) is 9.69. The van der Waals surface area contributed by atoms with Crippen molar-refractivity contribution in [2.24, 2.45) is 0 Å². The van der Waals surface area contributed by atoms with Crippen molar-refractivity contribution in [3.63, 3.8) is 0 Å². The van der Waals surface area contributed by atoms with Gasteiger partial charge in [-0.05, 0) is 56.4 Å². The van der Waals surface area contributed by atoms with Crippen LogP contribution in [0.25, 0.3) is 0 Å². The molecule has 0 radical (unpaired) electrons. The van der Waals surface area contributed by atoms with Gasteiger partial charge in [-0.1, -0.05) is 15.9 Å². The molecule has 0 N–H and O–H groups in total. The van der Waals surface area contributed by atoms with Gasteiger partial charge in [0.05, 0.1) is 18.8 Å². The Hall–Kier alpha value is -0.870. The summed E-state index contributed by atoms with van der Waals surface area (Å²) in [7, 11) is 0. The maximum atomic E-state index is 10.2. The Kier molecular flexibility index (Phi) is 6.05. The average Bonchev–Trinajstić information content (AvgIpc) is 2.45. The van der Waals surface area contributed by atoms with E-state index in [-0.39, 0.29) is 6.10 Å². The Balaban J connectivity index is 1.76. The molecular weight excluding hydrogens is 320 g/mol. The highest BCUT2D eigenvalue weighted by atomic mass is 79.9. The van der Waals surface area contributed by atoms with Crippen molar-refractivity contribution >= 4 is 22.2 Å². The van der Waals surface area contributed by atoms with E-state index in [1.54, 1.807) is 0 Å². The predicted molar refractivity (Wildman–Crippen MR) is 82.2 cm³/mol. The molecule has 1 aromatic carbocycles. The van der Waals surface area contributed by atoms with Gasteiger partial charge in [-0.2, -0.15) is 0 Å². The lowest BCUT2D eigenvalue weighted by Gasteiger charge is -2.29. The normalized spacial score (nSPS) is 22.5. The molecule has 1 aliphatic carbocycles. The molecule has 1 aliphatic rings. The van der Waals surface area contributed by atoms with Crippen LogP contribution in [0.5, 0.6) is 5.75 Å². The van der Waals surface area contributed by atoms with E-state index in [2.05, 4.69) is 28.9 Å². The van der Waals surface area contributed by atoms with Gasteiger partial charge in [0, 0.05) is 10.9 Å². The van der Waals surface area contributed by atoms with Crippen LogP contribution in [-0.4, -0.2) is 25.1 Å². The molecule has 0 bridgehead atoms. The largest absolute Gasteiger partial charge is 0.490 e. The molecule has 0 aliphatic heterocycles. The number of ether oxygens (including phenoxy) is 2. The molecule has 0 amide bonds. The van der Waals surface area contributed by atoms with Gasteiger partial charge in [0.2, 0.25) is 0 Å². The Labute approximate surface area is 128 Å². The maximum Gasteiger partial charge on any atom is 0.122 e. The lowest BCUT2D eigenvalue weighted by molar-refractivity contribution is -0.109. The number of carbonyl (C=O) groups is 1. The van der Waals surface area contributed by atoms with E-state index in [1.807, 2.05) is 12.1 Å². The number of carbonyl (C=O) groups excluding carboxylic acids is 1. The molecular formula is C16H21BrO3. The minimum atomic E-state index is 0.279. The second kappa shape index (κ2) is 7.79. The number of aldehydes is 1. The van der Waals surface area contributed by atoms with Crippen LogP contribution in [0.2, 0.25) is 0 Å². The smallest absolute Gasteiger partial charge is 0.122 e. The van der Waals surface area contributed by atoms with Crippen LogP contribution in [0, 0.1) is 6.92 Å².